The van der Waals surface area contributed by atoms with Gasteiger partial charge in [-0.25, -0.2) is 4.68 Å². The molecule has 100 valence electrons. The molecule has 2 aromatic heterocycles. The third-order valence-electron chi connectivity index (χ3n) is 2.68. The smallest absolute Gasteiger partial charge is 0.260 e. The Balaban J connectivity index is 1.92. The molecule has 1 N–H and O–H groups in total. The number of hydrogen-bond donors (Lipinski definition) is 1. The van der Waals surface area contributed by atoms with Crippen molar-refractivity contribution in [3.8, 4) is 5.69 Å². The van der Waals surface area contributed by atoms with E-state index in [1.165, 1.54) is 6.26 Å². The first-order chi connectivity index (χ1) is 9.75. The van der Waals surface area contributed by atoms with E-state index in [0.29, 0.717) is 15.9 Å². The third kappa shape index (κ3) is 2.35. The predicted molar refractivity (Wildman–Crippen MR) is 75.7 cm³/mol. The van der Waals surface area contributed by atoms with E-state index in [1.807, 2.05) is 18.2 Å². The van der Waals surface area contributed by atoms with Gasteiger partial charge in [0.25, 0.3) is 5.91 Å². The number of anilines is 1. The van der Waals surface area contributed by atoms with Gasteiger partial charge < -0.3 is 9.73 Å². The van der Waals surface area contributed by atoms with E-state index in [1.54, 1.807) is 29.2 Å². The number of furan rings is 1. The van der Waals surface area contributed by atoms with E-state index in [9.17, 15) is 4.79 Å². The zero-order valence-electron chi connectivity index (χ0n) is 10.2. The van der Waals surface area contributed by atoms with Crippen LogP contribution in [0.2, 0.25) is 0 Å². The van der Waals surface area contributed by atoms with Crippen molar-refractivity contribution in [1.29, 1.82) is 0 Å². The number of nitrogens with zero attached hydrogens (tertiary/aromatic N) is 3. The van der Waals surface area contributed by atoms with Crippen LogP contribution in [0.15, 0.2) is 58.1 Å². The summed E-state index contributed by atoms with van der Waals surface area (Å²) in [6.07, 6.45) is 4.73. The van der Waals surface area contributed by atoms with Crippen LogP contribution in [0.1, 0.15) is 10.4 Å². The van der Waals surface area contributed by atoms with Crippen LogP contribution in [-0.4, -0.2) is 20.9 Å². The predicted octanol–water partition coefficient (Wildman–Crippen LogP) is 2.88. The third-order valence-corrected chi connectivity index (χ3v) is 3.30. The Bertz CT molecular complexity index is 736. The highest BCUT2D eigenvalue weighted by molar-refractivity contribution is 9.10. The zero-order chi connectivity index (χ0) is 13.9. The van der Waals surface area contributed by atoms with Crippen molar-refractivity contribution in [2.45, 2.75) is 0 Å². The molecule has 0 fully saturated rings. The zero-order valence-corrected chi connectivity index (χ0v) is 11.7. The van der Waals surface area contributed by atoms with Gasteiger partial charge in [-0.3, -0.25) is 4.79 Å². The van der Waals surface area contributed by atoms with Crippen molar-refractivity contribution in [3.63, 3.8) is 0 Å². The standard InChI is InChI=1S/C13H9BrN4O2/c14-12-9(5-8-20-12)13(19)16-10-3-1-2-4-11(10)18-7-6-15-17-18/h1-8H,(H,16,19). The van der Waals surface area contributed by atoms with E-state index in [0.717, 1.165) is 5.69 Å². The molecule has 3 rings (SSSR count). The number of halogens is 1. The van der Waals surface area contributed by atoms with Crippen LogP contribution < -0.4 is 5.32 Å². The molecule has 0 radical (unpaired) electrons. The fourth-order valence-corrected chi connectivity index (χ4v) is 2.18. The molecule has 3 aromatic rings. The minimum Gasteiger partial charge on any atom is -0.457 e. The van der Waals surface area contributed by atoms with E-state index >= 15 is 0 Å². The summed E-state index contributed by atoms with van der Waals surface area (Å²) in [7, 11) is 0. The lowest BCUT2D eigenvalue weighted by Crippen LogP contribution is -2.13. The number of benzene rings is 1. The Labute approximate surface area is 122 Å². The molecule has 2 heterocycles. The second kappa shape index (κ2) is 5.30. The minimum absolute atomic E-state index is 0.266. The van der Waals surface area contributed by atoms with Gasteiger partial charge in [-0.05, 0) is 34.1 Å². The molecular weight excluding hydrogens is 324 g/mol. The summed E-state index contributed by atoms with van der Waals surface area (Å²) in [6.45, 7) is 0. The van der Waals surface area contributed by atoms with Crippen LogP contribution in [-0.2, 0) is 0 Å². The van der Waals surface area contributed by atoms with Crippen LogP contribution >= 0.6 is 15.9 Å². The number of amides is 1. The lowest BCUT2D eigenvalue weighted by molar-refractivity contribution is 0.102. The van der Waals surface area contributed by atoms with Crippen LogP contribution in [0, 0.1) is 0 Å². The Morgan fingerprint density at radius 1 is 1.30 bits per heavy atom. The molecule has 1 amide bonds. The number of nitrogens with one attached hydrogen (secondary N) is 1. The number of aromatic nitrogens is 3. The SMILES string of the molecule is O=C(Nc1ccccc1-n1ccnn1)c1ccoc1Br. The molecule has 0 aliphatic carbocycles. The van der Waals surface area contributed by atoms with Gasteiger partial charge in [0.2, 0.25) is 0 Å². The second-order valence-electron chi connectivity index (χ2n) is 3.93. The van der Waals surface area contributed by atoms with Gasteiger partial charge in [0.15, 0.2) is 4.67 Å². The average Bonchev–Trinajstić information content (AvgIpc) is 3.10. The maximum absolute atomic E-state index is 12.2. The van der Waals surface area contributed by atoms with Gasteiger partial charge in [-0.15, -0.1) is 5.10 Å². The average molecular weight is 333 g/mol. The first-order valence-electron chi connectivity index (χ1n) is 5.76. The van der Waals surface area contributed by atoms with Crippen LogP contribution in [0.3, 0.4) is 0 Å². The van der Waals surface area contributed by atoms with Gasteiger partial charge in [-0.2, -0.15) is 0 Å². The first kappa shape index (κ1) is 12.6. The molecule has 0 spiro atoms. The lowest BCUT2D eigenvalue weighted by Gasteiger charge is -2.09. The number of hydrogen-bond acceptors (Lipinski definition) is 4. The van der Waals surface area contributed by atoms with Gasteiger partial charge >= 0.3 is 0 Å². The molecule has 6 nitrogen and oxygen atoms in total. The Kier molecular flexibility index (Phi) is 3.34. The molecule has 0 unspecified atom stereocenters. The summed E-state index contributed by atoms with van der Waals surface area (Å²) < 4.78 is 7.03. The van der Waals surface area contributed by atoms with Crippen molar-refractivity contribution in [1.82, 2.24) is 15.0 Å². The second-order valence-corrected chi connectivity index (χ2v) is 4.65. The summed E-state index contributed by atoms with van der Waals surface area (Å²) in [4.78, 5) is 12.2. The van der Waals surface area contributed by atoms with E-state index in [-0.39, 0.29) is 5.91 Å². The summed E-state index contributed by atoms with van der Waals surface area (Å²) in [5.74, 6) is -0.266. The van der Waals surface area contributed by atoms with Crippen molar-refractivity contribution < 1.29 is 9.21 Å². The highest BCUT2D eigenvalue weighted by Gasteiger charge is 2.14. The molecule has 7 heteroatoms. The lowest BCUT2D eigenvalue weighted by atomic mass is 10.2. The summed E-state index contributed by atoms with van der Waals surface area (Å²) in [5.41, 5.74) is 1.80. The highest BCUT2D eigenvalue weighted by Crippen LogP contribution is 2.22. The van der Waals surface area contributed by atoms with E-state index in [2.05, 4.69) is 31.6 Å². The maximum Gasteiger partial charge on any atom is 0.260 e. The topological polar surface area (TPSA) is 73.0 Å². The molecule has 0 aliphatic heterocycles. The highest BCUT2D eigenvalue weighted by atomic mass is 79.9. The monoisotopic (exact) mass is 332 g/mol. The van der Waals surface area contributed by atoms with E-state index in [4.69, 9.17) is 4.42 Å². The minimum atomic E-state index is -0.266. The first-order valence-corrected chi connectivity index (χ1v) is 6.55. The summed E-state index contributed by atoms with van der Waals surface area (Å²) in [6, 6.07) is 8.93. The summed E-state index contributed by atoms with van der Waals surface area (Å²) in [5, 5.41) is 10.5. The Morgan fingerprint density at radius 3 is 2.85 bits per heavy atom. The van der Waals surface area contributed by atoms with Gasteiger partial charge in [-0.1, -0.05) is 17.3 Å². The molecule has 0 saturated carbocycles. The van der Waals surface area contributed by atoms with Crippen LogP contribution in [0.4, 0.5) is 5.69 Å². The van der Waals surface area contributed by atoms with Gasteiger partial charge in [0, 0.05) is 0 Å². The fourth-order valence-electron chi connectivity index (χ4n) is 1.76. The largest absolute Gasteiger partial charge is 0.457 e. The molecule has 1 aromatic carbocycles. The van der Waals surface area contributed by atoms with E-state index < -0.39 is 0 Å². The van der Waals surface area contributed by atoms with Crippen molar-refractivity contribution >= 4 is 27.5 Å². The van der Waals surface area contributed by atoms with Crippen molar-refractivity contribution in [3.05, 3.63) is 59.2 Å². The quantitative estimate of drug-likeness (QED) is 0.800. The Morgan fingerprint density at radius 2 is 2.15 bits per heavy atom. The van der Waals surface area contributed by atoms with Gasteiger partial charge in [0.1, 0.15) is 0 Å². The molecule has 0 atom stereocenters. The molecule has 0 aliphatic rings. The summed E-state index contributed by atoms with van der Waals surface area (Å²) >= 11 is 3.18. The maximum atomic E-state index is 12.2. The van der Waals surface area contributed by atoms with Crippen LogP contribution in [0.25, 0.3) is 5.69 Å². The number of para-hydroxylation sites is 2. The van der Waals surface area contributed by atoms with Crippen molar-refractivity contribution in [2.75, 3.05) is 5.32 Å². The number of carbonyl (C=O) groups excluding carboxylic acids is 1. The molecule has 0 saturated heterocycles. The molecule has 20 heavy (non-hydrogen) atoms. The molecule has 0 bridgehead atoms. The number of carbonyl (C=O) groups is 1. The number of rotatable bonds is 3. The Hall–Kier alpha value is -2.41. The van der Waals surface area contributed by atoms with Crippen LogP contribution in [0.5, 0.6) is 0 Å². The molecular formula is C13H9BrN4O2. The fraction of sp³-hybridized carbons (Fsp3) is 0. The van der Waals surface area contributed by atoms with Crippen molar-refractivity contribution in [2.24, 2.45) is 0 Å². The normalized spacial score (nSPS) is 10.4. The van der Waals surface area contributed by atoms with Gasteiger partial charge in [0.05, 0.1) is 35.6 Å².